The summed E-state index contributed by atoms with van der Waals surface area (Å²) in [4.78, 5) is 11.5. The molecule has 0 bridgehead atoms. The molecule has 1 aliphatic rings. The minimum absolute atomic E-state index is 0.0255. The van der Waals surface area contributed by atoms with Crippen LogP contribution in [-0.2, 0) is 14.8 Å². The fraction of sp³-hybridized carbons (Fsp3) is 0.583. The monoisotopic (exact) mass is 319 g/mol. The highest BCUT2D eigenvalue weighted by atomic mass is 32.2. The van der Waals surface area contributed by atoms with Crippen LogP contribution in [0.1, 0.15) is 33.8 Å². The second kappa shape index (κ2) is 5.80. The van der Waals surface area contributed by atoms with Gasteiger partial charge in [-0.3, -0.25) is 0 Å². The molecule has 2 atom stereocenters. The van der Waals surface area contributed by atoms with Gasteiger partial charge in [0.05, 0.1) is 11.0 Å². The van der Waals surface area contributed by atoms with Gasteiger partial charge in [-0.1, -0.05) is 0 Å². The number of hydrogen-bond donors (Lipinski definition) is 2. The van der Waals surface area contributed by atoms with Crippen LogP contribution in [0.2, 0.25) is 0 Å². The first-order valence-corrected chi connectivity index (χ1v) is 8.54. The molecule has 6 nitrogen and oxygen atoms in total. The quantitative estimate of drug-likeness (QED) is 0.860. The summed E-state index contributed by atoms with van der Waals surface area (Å²) >= 11 is 0.964. The van der Waals surface area contributed by atoms with Gasteiger partial charge in [0.1, 0.15) is 4.88 Å². The van der Waals surface area contributed by atoms with Gasteiger partial charge >= 0.3 is 5.97 Å². The number of carboxylic acids is 1. The third-order valence-corrected chi connectivity index (χ3v) is 6.22. The van der Waals surface area contributed by atoms with E-state index < -0.39 is 16.0 Å². The first-order chi connectivity index (χ1) is 9.35. The Kier molecular flexibility index (Phi) is 4.48. The molecule has 8 heteroatoms. The lowest BCUT2D eigenvalue weighted by atomic mass is 10.2. The van der Waals surface area contributed by atoms with E-state index in [1.807, 2.05) is 0 Å². The van der Waals surface area contributed by atoms with Crippen molar-refractivity contribution in [1.29, 1.82) is 0 Å². The Balaban J connectivity index is 2.24. The van der Waals surface area contributed by atoms with Crippen LogP contribution >= 0.6 is 11.3 Å². The van der Waals surface area contributed by atoms with Crippen LogP contribution in [0, 0.1) is 6.92 Å². The molecule has 0 saturated heterocycles. The number of carbonyl (C=O) groups is 1. The summed E-state index contributed by atoms with van der Waals surface area (Å²) in [5, 5.41) is 8.93. The normalized spacial score (nSPS) is 23.1. The molecule has 112 valence electrons. The lowest BCUT2D eigenvalue weighted by Gasteiger charge is -2.19. The number of thiophene rings is 1. The number of nitrogens with one attached hydrogen (secondary N) is 1. The smallest absolute Gasteiger partial charge is 0.345 e. The van der Waals surface area contributed by atoms with Gasteiger partial charge in [0.2, 0.25) is 10.0 Å². The van der Waals surface area contributed by atoms with E-state index in [0.717, 1.165) is 30.6 Å². The van der Waals surface area contributed by atoms with Crippen LogP contribution < -0.4 is 4.72 Å². The summed E-state index contributed by atoms with van der Waals surface area (Å²) in [5.74, 6) is -1.12. The minimum atomic E-state index is -3.71. The van der Waals surface area contributed by atoms with Gasteiger partial charge < -0.3 is 9.84 Å². The Labute approximate surface area is 121 Å². The predicted molar refractivity (Wildman–Crippen MR) is 74.8 cm³/mol. The van der Waals surface area contributed by atoms with Crippen molar-refractivity contribution in [1.82, 2.24) is 4.72 Å². The second-order valence-electron chi connectivity index (χ2n) is 4.77. The van der Waals surface area contributed by atoms with Gasteiger partial charge in [-0.25, -0.2) is 17.9 Å². The molecule has 2 rings (SSSR count). The molecule has 1 heterocycles. The first-order valence-electron chi connectivity index (χ1n) is 6.24. The van der Waals surface area contributed by atoms with Crippen molar-refractivity contribution in [3.63, 3.8) is 0 Å². The summed E-state index contributed by atoms with van der Waals surface area (Å²) in [6.45, 7) is 1.61. The van der Waals surface area contributed by atoms with E-state index in [0.29, 0.717) is 4.88 Å². The Morgan fingerprint density at radius 3 is 2.75 bits per heavy atom. The van der Waals surface area contributed by atoms with Gasteiger partial charge in [-0.15, -0.1) is 11.3 Å². The molecule has 1 aromatic rings. The standard InChI is InChI=1S/C12H17NO5S2/c1-7-11(6-10(19-7)12(14)15)20(16,17)13-8-4-3-5-9(8)18-2/h6,8-9,13H,3-5H2,1-2H3,(H,14,15). The molecule has 2 N–H and O–H groups in total. The summed E-state index contributed by atoms with van der Waals surface area (Å²) in [5.41, 5.74) is 0. The number of hydrogen-bond acceptors (Lipinski definition) is 5. The number of ether oxygens (including phenoxy) is 1. The molecule has 1 fully saturated rings. The Hall–Kier alpha value is -0.960. The number of sulfonamides is 1. The van der Waals surface area contributed by atoms with E-state index in [4.69, 9.17) is 9.84 Å². The molecular formula is C12H17NO5S2. The van der Waals surface area contributed by atoms with E-state index >= 15 is 0 Å². The fourth-order valence-corrected chi connectivity index (χ4v) is 5.17. The van der Waals surface area contributed by atoms with E-state index in [1.165, 1.54) is 6.07 Å². The van der Waals surface area contributed by atoms with Gasteiger partial charge in [-0.05, 0) is 32.3 Å². The molecule has 1 aliphatic carbocycles. The van der Waals surface area contributed by atoms with Crippen LogP contribution in [-0.4, -0.2) is 38.7 Å². The summed E-state index contributed by atoms with van der Waals surface area (Å²) < 4.78 is 32.6. The first kappa shape index (κ1) is 15.4. The van der Waals surface area contributed by atoms with Crippen molar-refractivity contribution in [3.05, 3.63) is 15.8 Å². The Morgan fingerprint density at radius 1 is 1.50 bits per heavy atom. The fourth-order valence-electron chi connectivity index (χ4n) is 2.44. The Morgan fingerprint density at radius 2 is 2.20 bits per heavy atom. The van der Waals surface area contributed by atoms with Crippen LogP contribution in [0.3, 0.4) is 0 Å². The molecule has 2 unspecified atom stereocenters. The maximum atomic E-state index is 12.4. The van der Waals surface area contributed by atoms with Crippen LogP contribution in [0.4, 0.5) is 0 Å². The summed E-state index contributed by atoms with van der Waals surface area (Å²) in [7, 11) is -2.15. The van der Waals surface area contributed by atoms with E-state index in [-0.39, 0.29) is 21.9 Å². The van der Waals surface area contributed by atoms with Crippen molar-refractivity contribution >= 4 is 27.3 Å². The molecule has 0 aromatic carbocycles. The molecule has 20 heavy (non-hydrogen) atoms. The lowest BCUT2D eigenvalue weighted by Crippen LogP contribution is -2.40. The predicted octanol–water partition coefficient (Wildman–Crippen LogP) is 1.60. The highest BCUT2D eigenvalue weighted by molar-refractivity contribution is 7.89. The molecule has 0 radical (unpaired) electrons. The highest BCUT2D eigenvalue weighted by Gasteiger charge is 2.32. The SMILES string of the molecule is COC1CCCC1NS(=O)(=O)c1cc(C(=O)O)sc1C. The molecule has 0 spiro atoms. The van der Waals surface area contributed by atoms with Crippen molar-refractivity contribution in [2.24, 2.45) is 0 Å². The zero-order valence-electron chi connectivity index (χ0n) is 11.3. The molecule has 1 saturated carbocycles. The van der Waals surface area contributed by atoms with Crippen LogP contribution in [0.15, 0.2) is 11.0 Å². The average molecular weight is 319 g/mol. The zero-order valence-corrected chi connectivity index (χ0v) is 12.9. The molecule has 0 aliphatic heterocycles. The average Bonchev–Trinajstić information content (AvgIpc) is 2.95. The van der Waals surface area contributed by atoms with E-state index in [9.17, 15) is 13.2 Å². The number of methoxy groups -OCH3 is 1. The minimum Gasteiger partial charge on any atom is -0.477 e. The molecule has 0 amide bonds. The van der Waals surface area contributed by atoms with Gasteiger partial charge in [0, 0.05) is 18.0 Å². The second-order valence-corrected chi connectivity index (χ2v) is 7.71. The summed E-state index contributed by atoms with van der Waals surface area (Å²) in [6, 6.07) is 0.958. The van der Waals surface area contributed by atoms with Gasteiger partial charge in [0.25, 0.3) is 0 Å². The number of carboxylic acid groups (broad SMARTS) is 1. The lowest BCUT2D eigenvalue weighted by molar-refractivity contribution is 0.0702. The largest absolute Gasteiger partial charge is 0.477 e. The topological polar surface area (TPSA) is 92.7 Å². The van der Waals surface area contributed by atoms with E-state index in [2.05, 4.69) is 4.72 Å². The third kappa shape index (κ3) is 3.03. The van der Waals surface area contributed by atoms with E-state index in [1.54, 1.807) is 14.0 Å². The maximum absolute atomic E-state index is 12.4. The van der Waals surface area contributed by atoms with Crippen LogP contribution in [0.25, 0.3) is 0 Å². The Bertz CT molecular complexity index is 607. The summed E-state index contributed by atoms with van der Waals surface area (Å²) in [6.07, 6.45) is 2.34. The highest BCUT2D eigenvalue weighted by Crippen LogP contribution is 2.28. The molecular weight excluding hydrogens is 302 g/mol. The third-order valence-electron chi connectivity index (χ3n) is 3.43. The van der Waals surface area contributed by atoms with Crippen molar-refractivity contribution in [2.45, 2.75) is 43.2 Å². The molecule has 1 aromatic heterocycles. The maximum Gasteiger partial charge on any atom is 0.345 e. The van der Waals surface area contributed by atoms with Gasteiger partial charge in [-0.2, -0.15) is 0 Å². The van der Waals surface area contributed by atoms with Gasteiger partial charge in [0.15, 0.2) is 0 Å². The number of aromatic carboxylic acids is 1. The number of rotatable bonds is 5. The van der Waals surface area contributed by atoms with Crippen molar-refractivity contribution in [3.8, 4) is 0 Å². The van der Waals surface area contributed by atoms with Crippen molar-refractivity contribution < 1.29 is 23.1 Å². The van der Waals surface area contributed by atoms with Crippen LogP contribution in [0.5, 0.6) is 0 Å². The number of aryl methyl sites for hydroxylation is 1. The van der Waals surface area contributed by atoms with Crippen molar-refractivity contribution in [2.75, 3.05) is 7.11 Å². The zero-order chi connectivity index (χ0) is 14.9.